The van der Waals surface area contributed by atoms with E-state index in [4.69, 9.17) is 4.74 Å². The third-order valence-electron chi connectivity index (χ3n) is 2.25. The van der Waals surface area contributed by atoms with E-state index in [9.17, 15) is 14.7 Å². The van der Waals surface area contributed by atoms with Gasteiger partial charge in [-0.05, 0) is 13.8 Å². The summed E-state index contributed by atoms with van der Waals surface area (Å²) in [5.74, 6) is -0.971. The number of ether oxygens (including phenoxy) is 3. The van der Waals surface area contributed by atoms with E-state index < -0.39 is 18.0 Å². The molecule has 0 saturated heterocycles. The quantitative estimate of drug-likeness (QED) is 0.564. The van der Waals surface area contributed by atoms with Gasteiger partial charge in [0, 0.05) is 6.54 Å². The highest BCUT2D eigenvalue weighted by Crippen LogP contribution is 1.98. The van der Waals surface area contributed by atoms with Crippen LogP contribution in [0, 0.1) is 0 Å². The average Bonchev–Trinajstić information content (AvgIpc) is 2.35. The molecule has 0 amide bonds. The zero-order valence-electron chi connectivity index (χ0n) is 11.9. The van der Waals surface area contributed by atoms with Crippen LogP contribution in [0.5, 0.6) is 0 Å². The first-order valence-electron chi connectivity index (χ1n) is 6.04. The van der Waals surface area contributed by atoms with Crippen LogP contribution < -0.4 is 0 Å². The molecule has 1 unspecified atom stereocenters. The number of methoxy groups -OCH3 is 2. The Kier molecular flexibility index (Phi) is 9.11. The van der Waals surface area contributed by atoms with Crippen LogP contribution in [0.3, 0.4) is 0 Å². The van der Waals surface area contributed by atoms with Gasteiger partial charge in [0.05, 0.1) is 46.1 Å². The molecule has 0 rings (SSSR count). The molecule has 0 fully saturated rings. The third-order valence-corrected chi connectivity index (χ3v) is 2.25. The fourth-order valence-corrected chi connectivity index (χ4v) is 1.33. The fraction of sp³-hybridized carbons (Fsp3) is 0.833. The minimum absolute atomic E-state index is 0.00399. The minimum atomic E-state index is -0.795. The average molecular weight is 277 g/mol. The number of esters is 2. The van der Waals surface area contributed by atoms with Crippen molar-refractivity contribution in [3.63, 3.8) is 0 Å². The summed E-state index contributed by atoms with van der Waals surface area (Å²) >= 11 is 0. The molecular formula is C12H23NO6. The number of rotatable bonds is 9. The van der Waals surface area contributed by atoms with Crippen molar-refractivity contribution in [1.82, 2.24) is 4.90 Å². The van der Waals surface area contributed by atoms with Crippen LogP contribution in [-0.4, -0.2) is 74.6 Å². The Hall–Kier alpha value is -1.18. The predicted octanol–water partition coefficient (Wildman–Crippen LogP) is -0.580. The number of aliphatic hydroxyl groups is 1. The van der Waals surface area contributed by atoms with Crippen LogP contribution in [0.25, 0.3) is 0 Å². The molecule has 0 bridgehead atoms. The van der Waals surface area contributed by atoms with E-state index in [0.717, 1.165) is 0 Å². The third kappa shape index (κ3) is 9.40. The van der Waals surface area contributed by atoms with Gasteiger partial charge in [-0.25, -0.2) is 0 Å². The van der Waals surface area contributed by atoms with Gasteiger partial charge in [0.2, 0.25) is 0 Å². The normalized spacial score (nSPS) is 12.6. The van der Waals surface area contributed by atoms with E-state index in [1.807, 2.05) is 13.8 Å². The zero-order chi connectivity index (χ0) is 14.8. The molecule has 112 valence electrons. The molecule has 19 heavy (non-hydrogen) atoms. The van der Waals surface area contributed by atoms with Crippen LogP contribution in [0.4, 0.5) is 0 Å². The highest BCUT2D eigenvalue weighted by Gasteiger charge is 2.19. The molecule has 0 aliphatic rings. The Morgan fingerprint density at radius 3 is 1.95 bits per heavy atom. The molecule has 7 nitrogen and oxygen atoms in total. The molecule has 0 aromatic heterocycles. The second kappa shape index (κ2) is 9.71. The van der Waals surface area contributed by atoms with Crippen LogP contribution >= 0.6 is 0 Å². The van der Waals surface area contributed by atoms with Crippen molar-refractivity contribution in [2.24, 2.45) is 0 Å². The lowest BCUT2D eigenvalue weighted by molar-refractivity contribution is -0.146. The predicted molar refractivity (Wildman–Crippen MR) is 67.6 cm³/mol. The number of aliphatic hydroxyl groups excluding tert-OH is 1. The van der Waals surface area contributed by atoms with E-state index in [0.29, 0.717) is 0 Å². The Bertz CT molecular complexity index is 263. The summed E-state index contributed by atoms with van der Waals surface area (Å²) in [6.07, 6.45) is -0.791. The van der Waals surface area contributed by atoms with E-state index in [1.165, 1.54) is 19.1 Å². The number of hydrogen-bond acceptors (Lipinski definition) is 7. The maximum Gasteiger partial charge on any atom is 0.319 e. The molecule has 0 aromatic rings. The van der Waals surface area contributed by atoms with Crippen molar-refractivity contribution in [3.05, 3.63) is 0 Å². The largest absolute Gasteiger partial charge is 0.468 e. The summed E-state index contributed by atoms with van der Waals surface area (Å²) in [7, 11) is 2.52. The highest BCUT2D eigenvalue weighted by atomic mass is 16.5. The first kappa shape index (κ1) is 17.8. The van der Waals surface area contributed by atoms with Crippen LogP contribution in [0.2, 0.25) is 0 Å². The fourth-order valence-electron chi connectivity index (χ4n) is 1.33. The lowest BCUT2D eigenvalue weighted by atomic mass is 10.3. The van der Waals surface area contributed by atoms with Gasteiger partial charge in [0.1, 0.15) is 0 Å². The lowest BCUT2D eigenvalue weighted by Crippen LogP contribution is -2.42. The maximum absolute atomic E-state index is 11.2. The Labute approximate surface area is 113 Å². The number of carbonyl (C=O) groups is 2. The molecule has 1 N–H and O–H groups in total. The molecule has 0 radical (unpaired) electrons. The summed E-state index contributed by atoms with van der Waals surface area (Å²) in [6.45, 7) is 3.78. The number of hydrogen-bond donors (Lipinski definition) is 1. The Morgan fingerprint density at radius 2 is 1.58 bits per heavy atom. The summed E-state index contributed by atoms with van der Waals surface area (Å²) in [6, 6.07) is 0. The molecule has 0 spiro atoms. The molecular weight excluding hydrogens is 254 g/mol. The van der Waals surface area contributed by atoms with Gasteiger partial charge in [-0.1, -0.05) is 0 Å². The standard InChI is InChI=1S/C12H23NO6/c1-9(2)19-8-10(14)5-13(6-11(15)17-3)7-12(16)18-4/h9-10,14H,5-8H2,1-4H3. The monoisotopic (exact) mass is 277 g/mol. The van der Waals surface area contributed by atoms with E-state index in [2.05, 4.69) is 9.47 Å². The van der Waals surface area contributed by atoms with Crippen molar-refractivity contribution in [1.29, 1.82) is 0 Å². The number of nitrogens with zero attached hydrogens (tertiary/aromatic N) is 1. The van der Waals surface area contributed by atoms with Gasteiger partial charge >= 0.3 is 11.9 Å². The molecule has 1 atom stereocenters. The molecule has 0 aliphatic heterocycles. The van der Waals surface area contributed by atoms with E-state index in [1.54, 1.807) is 0 Å². The maximum atomic E-state index is 11.2. The van der Waals surface area contributed by atoms with Gasteiger partial charge < -0.3 is 19.3 Å². The van der Waals surface area contributed by atoms with Crippen molar-refractivity contribution in [3.8, 4) is 0 Å². The summed E-state index contributed by atoms with van der Waals surface area (Å²) in [5, 5.41) is 9.77. The molecule has 7 heteroatoms. The van der Waals surface area contributed by atoms with E-state index in [-0.39, 0.29) is 32.3 Å². The molecule has 0 heterocycles. The molecule has 0 aromatic carbocycles. The molecule has 0 aliphatic carbocycles. The topological polar surface area (TPSA) is 85.3 Å². The second-order valence-electron chi connectivity index (χ2n) is 4.36. The van der Waals surface area contributed by atoms with Gasteiger partial charge in [-0.3, -0.25) is 14.5 Å². The van der Waals surface area contributed by atoms with Crippen molar-refractivity contribution < 1.29 is 28.9 Å². The minimum Gasteiger partial charge on any atom is -0.468 e. The van der Waals surface area contributed by atoms with E-state index >= 15 is 0 Å². The first-order chi connectivity index (χ1) is 8.88. The number of carbonyl (C=O) groups excluding carboxylic acids is 2. The zero-order valence-corrected chi connectivity index (χ0v) is 11.9. The second-order valence-corrected chi connectivity index (χ2v) is 4.36. The molecule has 0 saturated carbocycles. The van der Waals surface area contributed by atoms with Gasteiger partial charge in [-0.15, -0.1) is 0 Å². The van der Waals surface area contributed by atoms with Crippen molar-refractivity contribution >= 4 is 11.9 Å². The summed E-state index contributed by atoms with van der Waals surface area (Å²) in [4.78, 5) is 23.9. The SMILES string of the molecule is COC(=O)CN(CC(=O)OC)CC(O)COC(C)C. The smallest absolute Gasteiger partial charge is 0.319 e. The van der Waals surface area contributed by atoms with Crippen LogP contribution in [0.15, 0.2) is 0 Å². The lowest BCUT2D eigenvalue weighted by Gasteiger charge is -2.23. The van der Waals surface area contributed by atoms with Gasteiger partial charge in [-0.2, -0.15) is 0 Å². The van der Waals surface area contributed by atoms with Crippen LogP contribution in [0.1, 0.15) is 13.8 Å². The van der Waals surface area contributed by atoms with Gasteiger partial charge in [0.25, 0.3) is 0 Å². The first-order valence-corrected chi connectivity index (χ1v) is 6.04. The van der Waals surface area contributed by atoms with Gasteiger partial charge in [0.15, 0.2) is 0 Å². The Morgan fingerprint density at radius 1 is 1.11 bits per heavy atom. The summed E-state index contributed by atoms with van der Waals surface area (Å²) < 4.78 is 14.3. The van der Waals surface area contributed by atoms with Crippen LogP contribution in [-0.2, 0) is 23.8 Å². The highest BCUT2D eigenvalue weighted by molar-refractivity contribution is 5.74. The Balaban J connectivity index is 4.30. The van der Waals surface area contributed by atoms with Crippen molar-refractivity contribution in [2.75, 3.05) is 40.5 Å². The van der Waals surface area contributed by atoms with Crippen molar-refractivity contribution in [2.45, 2.75) is 26.1 Å². The summed E-state index contributed by atoms with van der Waals surface area (Å²) in [5.41, 5.74) is 0.